The van der Waals surface area contributed by atoms with Gasteiger partial charge in [0.15, 0.2) is 0 Å². The lowest BCUT2D eigenvalue weighted by Crippen LogP contribution is -2.26. The number of rotatable bonds is 2. The summed E-state index contributed by atoms with van der Waals surface area (Å²) in [5.41, 5.74) is 0.684. The molecule has 2 aromatic rings. The second kappa shape index (κ2) is 4.12. The highest BCUT2D eigenvalue weighted by Gasteiger charge is 2.03. The number of halogens is 1. The van der Waals surface area contributed by atoms with Gasteiger partial charge < -0.3 is 5.32 Å². The fraction of sp³-hybridized carbons (Fsp3) is 0.200. The van der Waals surface area contributed by atoms with E-state index in [-0.39, 0.29) is 5.56 Å². The topological polar surface area (TPSA) is 46.9 Å². The Balaban J connectivity index is 2.69. The van der Waals surface area contributed by atoms with Crippen LogP contribution in [0, 0.1) is 0 Å². The number of benzene rings is 1. The normalized spacial score (nSPS) is 10.8. The Kier molecular flexibility index (Phi) is 2.83. The minimum atomic E-state index is -0.0261. The maximum Gasteiger partial charge on any atom is 0.262 e. The molecule has 15 heavy (non-hydrogen) atoms. The molecule has 1 heterocycles. The second-order valence-corrected chi connectivity index (χ2v) is 4.11. The summed E-state index contributed by atoms with van der Waals surface area (Å²) in [6, 6.07) is 5.45. The number of hydrogen-bond donors (Lipinski definition) is 1. The van der Waals surface area contributed by atoms with E-state index in [1.165, 1.54) is 4.57 Å². The van der Waals surface area contributed by atoms with Crippen LogP contribution in [0.15, 0.2) is 33.8 Å². The molecule has 0 saturated heterocycles. The Morgan fingerprint density at radius 1 is 1.53 bits per heavy atom. The number of aromatic nitrogens is 2. The zero-order valence-electron chi connectivity index (χ0n) is 8.20. The van der Waals surface area contributed by atoms with Crippen LogP contribution in [-0.4, -0.2) is 16.6 Å². The quantitative estimate of drug-likeness (QED) is 0.894. The van der Waals surface area contributed by atoms with E-state index in [0.29, 0.717) is 17.6 Å². The lowest BCUT2D eigenvalue weighted by molar-refractivity contribution is 0.593. The fourth-order valence-corrected chi connectivity index (χ4v) is 1.76. The first-order valence-electron chi connectivity index (χ1n) is 4.51. The van der Waals surface area contributed by atoms with Crippen molar-refractivity contribution in [3.8, 4) is 0 Å². The molecule has 0 bridgehead atoms. The first-order chi connectivity index (χ1) is 7.22. The molecule has 5 heteroatoms. The van der Waals surface area contributed by atoms with Gasteiger partial charge in [0.2, 0.25) is 0 Å². The molecule has 1 aromatic carbocycles. The van der Waals surface area contributed by atoms with Crippen LogP contribution in [0.2, 0.25) is 0 Å². The molecule has 0 amide bonds. The Hall–Kier alpha value is -1.20. The molecule has 0 fully saturated rings. The summed E-state index contributed by atoms with van der Waals surface area (Å²) in [6.45, 7) is 0.470. The summed E-state index contributed by atoms with van der Waals surface area (Å²) in [4.78, 5) is 16.1. The van der Waals surface area contributed by atoms with Gasteiger partial charge in [0.1, 0.15) is 0 Å². The van der Waals surface area contributed by atoms with E-state index >= 15 is 0 Å². The molecule has 0 aliphatic carbocycles. The third-order valence-electron chi connectivity index (χ3n) is 2.12. The SMILES string of the molecule is CNCn1cnc2cc(Br)ccc2c1=O. The van der Waals surface area contributed by atoms with E-state index in [4.69, 9.17) is 0 Å². The van der Waals surface area contributed by atoms with Crippen LogP contribution in [0.25, 0.3) is 10.9 Å². The van der Waals surface area contributed by atoms with Crippen molar-refractivity contribution >= 4 is 26.8 Å². The van der Waals surface area contributed by atoms with Gasteiger partial charge in [0.25, 0.3) is 5.56 Å². The molecular weight excluding hydrogens is 258 g/mol. The monoisotopic (exact) mass is 267 g/mol. The Morgan fingerprint density at radius 2 is 2.33 bits per heavy atom. The summed E-state index contributed by atoms with van der Waals surface area (Å²) in [6.07, 6.45) is 1.55. The molecule has 78 valence electrons. The zero-order chi connectivity index (χ0) is 10.8. The first kappa shape index (κ1) is 10.3. The highest BCUT2D eigenvalue weighted by molar-refractivity contribution is 9.10. The van der Waals surface area contributed by atoms with E-state index in [9.17, 15) is 4.79 Å². The Bertz CT molecular complexity index is 550. The van der Waals surface area contributed by atoms with Gasteiger partial charge in [-0.25, -0.2) is 4.98 Å². The summed E-state index contributed by atoms with van der Waals surface area (Å²) < 4.78 is 2.46. The van der Waals surface area contributed by atoms with Crippen LogP contribution in [0.3, 0.4) is 0 Å². The van der Waals surface area contributed by atoms with Crippen LogP contribution in [0.1, 0.15) is 0 Å². The van der Waals surface area contributed by atoms with Gasteiger partial charge >= 0.3 is 0 Å². The van der Waals surface area contributed by atoms with Crippen molar-refractivity contribution in [1.29, 1.82) is 0 Å². The van der Waals surface area contributed by atoms with Crippen LogP contribution in [0.4, 0.5) is 0 Å². The van der Waals surface area contributed by atoms with Crippen molar-refractivity contribution in [3.63, 3.8) is 0 Å². The van der Waals surface area contributed by atoms with Gasteiger partial charge in [-0.2, -0.15) is 0 Å². The maximum atomic E-state index is 11.9. The average Bonchev–Trinajstić information content (AvgIpc) is 2.22. The van der Waals surface area contributed by atoms with Gasteiger partial charge in [0, 0.05) is 4.47 Å². The molecular formula is C10H10BrN3O. The molecule has 0 radical (unpaired) electrons. The van der Waals surface area contributed by atoms with Crippen LogP contribution in [-0.2, 0) is 6.67 Å². The fourth-order valence-electron chi connectivity index (χ4n) is 1.41. The molecule has 0 aliphatic heterocycles. The van der Waals surface area contributed by atoms with E-state index in [1.54, 1.807) is 19.4 Å². The average molecular weight is 268 g/mol. The van der Waals surface area contributed by atoms with Gasteiger partial charge in [0.05, 0.1) is 23.9 Å². The highest BCUT2D eigenvalue weighted by Crippen LogP contribution is 2.14. The van der Waals surface area contributed by atoms with Crippen molar-refractivity contribution in [1.82, 2.24) is 14.9 Å². The van der Waals surface area contributed by atoms with Crippen LogP contribution < -0.4 is 10.9 Å². The van der Waals surface area contributed by atoms with Gasteiger partial charge in [-0.05, 0) is 25.2 Å². The molecule has 0 unspecified atom stereocenters. The standard InChI is InChI=1S/C10H10BrN3O/c1-12-5-14-6-13-9-4-7(11)2-3-8(9)10(14)15/h2-4,6,12H,5H2,1H3. The van der Waals surface area contributed by atoms with Gasteiger partial charge in [-0.3, -0.25) is 9.36 Å². The number of nitrogens with zero attached hydrogens (tertiary/aromatic N) is 2. The van der Waals surface area contributed by atoms with Crippen LogP contribution in [0.5, 0.6) is 0 Å². The lowest BCUT2D eigenvalue weighted by Gasteiger charge is -2.05. The van der Waals surface area contributed by atoms with E-state index in [0.717, 1.165) is 4.47 Å². The summed E-state index contributed by atoms with van der Waals surface area (Å²) in [5.74, 6) is 0. The summed E-state index contributed by atoms with van der Waals surface area (Å²) in [7, 11) is 1.79. The molecule has 0 aliphatic rings. The summed E-state index contributed by atoms with van der Waals surface area (Å²) >= 11 is 3.35. The minimum Gasteiger partial charge on any atom is -0.303 e. The van der Waals surface area contributed by atoms with E-state index in [1.807, 2.05) is 12.1 Å². The number of fused-ring (bicyclic) bond motifs is 1. The third kappa shape index (κ3) is 1.93. The second-order valence-electron chi connectivity index (χ2n) is 3.19. The molecule has 1 aromatic heterocycles. The molecule has 0 saturated carbocycles. The number of hydrogen-bond acceptors (Lipinski definition) is 3. The van der Waals surface area contributed by atoms with Crippen molar-refractivity contribution in [3.05, 3.63) is 39.4 Å². The van der Waals surface area contributed by atoms with E-state index < -0.39 is 0 Å². The highest BCUT2D eigenvalue weighted by atomic mass is 79.9. The minimum absolute atomic E-state index is 0.0261. The van der Waals surface area contributed by atoms with Crippen molar-refractivity contribution < 1.29 is 0 Å². The molecule has 1 N–H and O–H groups in total. The zero-order valence-corrected chi connectivity index (χ0v) is 9.78. The Morgan fingerprint density at radius 3 is 3.07 bits per heavy atom. The van der Waals surface area contributed by atoms with Crippen molar-refractivity contribution in [2.45, 2.75) is 6.67 Å². The molecule has 0 atom stereocenters. The predicted molar refractivity (Wildman–Crippen MR) is 62.8 cm³/mol. The third-order valence-corrected chi connectivity index (χ3v) is 2.61. The van der Waals surface area contributed by atoms with Crippen LogP contribution >= 0.6 is 15.9 Å². The van der Waals surface area contributed by atoms with Gasteiger partial charge in [-0.1, -0.05) is 15.9 Å². The van der Waals surface area contributed by atoms with Crippen molar-refractivity contribution in [2.75, 3.05) is 7.05 Å². The number of nitrogens with one attached hydrogen (secondary N) is 1. The van der Waals surface area contributed by atoms with E-state index in [2.05, 4.69) is 26.2 Å². The summed E-state index contributed by atoms with van der Waals surface area (Å²) in [5, 5.41) is 3.55. The first-order valence-corrected chi connectivity index (χ1v) is 5.31. The largest absolute Gasteiger partial charge is 0.303 e. The lowest BCUT2D eigenvalue weighted by atomic mass is 10.2. The van der Waals surface area contributed by atoms with Crippen molar-refractivity contribution in [2.24, 2.45) is 0 Å². The maximum absolute atomic E-state index is 11.9. The smallest absolute Gasteiger partial charge is 0.262 e. The molecule has 2 rings (SSSR count). The molecule has 0 spiro atoms. The molecule has 4 nitrogen and oxygen atoms in total. The van der Waals surface area contributed by atoms with Gasteiger partial charge in [-0.15, -0.1) is 0 Å². The predicted octanol–water partition coefficient (Wildman–Crippen LogP) is 1.34. The Labute approximate surface area is 95.1 Å².